The molecular formula is C25H18F3N5. The molecule has 0 fully saturated rings. The van der Waals surface area contributed by atoms with Gasteiger partial charge in [0, 0.05) is 23.2 Å². The average Bonchev–Trinajstić information content (AvgIpc) is 3.50. The van der Waals surface area contributed by atoms with Gasteiger partial charge in [-0.1, -0.05) is 24.3 Å². The Morgan fingerprint density at radius 1 is 0.848 bits per heavy atom. The first-order valence-corrected chi connectivity index (χ1v) is 10.2. The maximum atomic E-state index is 14.8. The van der Waals surface area contributed by atoms with E-state index in [1.807, 2.05) is 0 Å². The van der Waals surface area contributed by atoms with Crippen LogP contribution in [0.25, 0.3) is 28.1 Å². The quantitative estimate of drug-likeness (QED) is 0.339. The summed E-state index contributed by atoms with van der Waals surface area (Å²) < 4.78 is 44.2. The van der Waals surface area contributed by atoms with Crippen molar-refractivity contribution in [1.29, 1.82) is 0 Å². The Morgan fingerprint density at radius 3 is 2.39 bits per heavy atom. The van der Waals surface area contributed by atoms with Gasteiger partial charge in [-0.3, -0.25) is 5.10 Å². The minimum Gasteiger partial charge on any atom is -0.366 e. The van der Waals surface area contributed by atoms with Gasteiger partial charge in [0.05, 0.1) is 23.8 Å². The predicted molar refractivity (Wildman–Crippen MR) is 120 cm³/mol. The molecule has 5 rings (SSSR count). The van der Waals surface area contributed by atoms with Crippen LogP contribution in [-0.4, -0.2) is 20.0 Å². The maximum Gasteiger partial charge on any atom is 0.132 e. The number of rotatable bonds is 6. The fraction of sp³-hybridized carbons (Fsp3) is 0.0400. The lowest BCUT2D eigenvalue weighted by molar-refractivity contribution is 0.603. The molecule has 0 bridgehead atoms. The third-order valence-corrected chi connectivity index (χ3v) is 5.30. The highest BCUT2D eigenvalue weighted by atomic mass is 19.1. The zero-order chi connectivity index (χ0) is 22.8. The van der Waals surface area contributed by atoms with E-state index in [-0.39, 0.29) is 11.4 Å². The molecule has 2 N–H and O–H groups in total. The van der Waals surface area contributed by atoms with E-state index >= 15 is 0 Å². The van der Waals surface area contributed by atoms with Gasteiger partial charge in [-0.25, -0.2) is 17.9 Å². The minimum absolute atomic E-state index is 0.167. The van der Waals surface area contributed by atoms with Crippen molar-refractivity contribution in [2.24, 2.45) is 0 Å². The molecule has 2 heterocycles. The molecule has 0 unspecified atom stereocenters. The van der Waals surface area contributed by atoms with Crippen molar-refractivity contribution in [3.63, 3.8) is 0 Å². The summed E-state index contributed by atoms with van der Waals surface area (Å²) in [5, 5.41) is 14.4. The van der Waals surface area contributed by atoms with E-state index in [4.69, 9.17) is 0 Å². The molecular weight excluding hydrogens is 427 g/mol. The van der Waals surface area contributed by atoms with Crippen LogP contribution < -0.4 is 5.32 Å². The van der Waals surface area contributed by atoms with Crippen LogP contribution in [0.5, 0.6) is 0 Å². The fourth-order valence-corrected chi connectivity index (χ4v) is 3.69. The number of benzene rings is 3. The lowest BCUT2D eigenvalue weighted by Crippen LogP contribution is -2.04. The summed E-state index contributed by atoms with van der Waals surface area (Å²) >= 11 is 0. The number of halogens is 3. The molecule has 0 amide bonds. The number of aromatic nitrogens is 4. The molecule has 2 aromatic heterocycles. The largest absolute Gasteiger partial charge is 0.366 e. The van der Waals surface area contributed by atoms with Crippen molar-refractivity contribution < 1.29 is 13.2 Å². The number of hydrogen-bond acceptors (Lipinski definition) is 3. The first-order valence-electron chi connectivity index (χ1n) is 10.2. The van der Waals surface area contributed by atoms with Crippen LogP contribution in [0.4, 0.5) is 19.0 Å². The van der Waals surface area contributed by atoms with E-state index in [1.165, 1.54) is 6.07 Å². The van der Waals surface area contributed by atoms with Crippen molar-refractivity contribution in [2.45, 2.75) is 6.54 Å². The summed E-state index contributed by atoms with van der Waals surface area (Å²) in [6.07, 6.45) is 3.30. The Kier molecular flexibility index (Phi) is 5.40. The van der Waals surface area contributed by atoms with Crippen LogP contribution >= 0.6 is 0 Å². The van der Waals surface area contributed by atoms with E-state index in [1.54, 1.807) is 65.6 Å². The first-order chi connectivity index (χ1) is 16.1. The second kappa shape index (κ2) is 8.66. The highest BCUT2D eigenvalue weighted by Crippen LogP contribution is 2.31. The Hall–Kier alpha value is -4.33. The van der Waals surface area contributed by atoms with Gasteiger partial charge in [0.15, 0.2) is 0 Å². The lowest BCUT2D eigenvalue weighted by atomic mass is 10.0. The van der Waals surface area contributed by atoms with Crippen LogP contribution in [0.1, 0.15) is 5.56 Å². The molecule has 3 aromatic carbocycles. The van der Waals surface area contributed by atoms with Crippen molar-refractivity contribution in [2.75, 3.05) is 5.32 Å². The molecule has 0 aliphatic rings. The number of nitrogens with one attached hydrogen (secondary N) is 2. The van der Waals surface area contributed by atoms with Crippen molar-refractivity contribution >= 4 is 5.82 Å². The van der Waals surface area contributed by atoms with E-state index in [0.717, 1.165) is 29.6 Å². The standard InChI is InChI=1S/C25H18F3N5/c26-18-7-10-23(28)21(13-18)16-5-8-19(9-6-16)33-25(20-3-1-2-4-22(20)27)17(15-31-33)14-29-24-11-12-30-32-24/h1-13,15H,14H2,(H2,29,30,32). The molecule has 5 nitrogen and oxygen atoms in total. The van der Waals surface area contributed by atoms with Gasteiger partial charge in [0.2, 0.25) is 0 Å². The Labute approximate surface area is 187 Å². The molecule has 0 aliphatic carbocycles. The lowest BCUT2D eigenvalue weighted by Gasteiger charge is -2.12. The number of aromatic amines is 1. The van der Waals surface area contributed by atoms with Crippen molar-refractivity contribution in [1.82, 2.24) is 20.0 Å². The van der Waals surface area contributed by atoms with Crippen LogP contribution in [-0.2, 0) is 6.54 Å². The van der Waals surface area contributed by atoms with E-state index < -0.39 is 11.6 Å². The summed E-state index contributed by atoms with van der Waals surface area (Å²) in [4.78, 5) is 0. The van der Waals surface area contributed by atoms with Crippen molar-refractivity contribution in [3.05, 3.63) is 108 Å². The summed E-state index contributed by atoms with van der Waals surface area (Å²) in [5.74, 6) is -0.676. The van der Waals surface area contributed by atoms with Gasteiger partial charge >= 0.3 is 0 Å². The number of H-pyrrole nitrogens is 1. The molecule has 0 atom stereocenters. The topological polar surface area (TPSA) is 58.5 Å². The summed E-state index contributed by atoms with van der Waals surface area (Å²) in [6.45, 7) is 0.387. The smallest absolute Gasteiger partial charge is 0.132 e. The maximum absolute atomic E-state index is 14.8. The first kappa shape index (κ1) is 20.6. The SMILES string of the molecule is Fc1ccc(F)c(-c2ccc(-n3ncc(CNc4ccn[nH]4)c3-c3ccccc3F)cc2)c1. The van der Waals surface area contributed by atoms with Gasteiger partial charge in [0.1, 0.15) is 23.3 Å². The zero-order valence-corrected chi connectivity index (χ0v) is 17.3. The van der Waals surface area contributed by atoms with Gasteiger partial charge in [-0.15, -0.1) is 0 Å². The molecule has 164 valence electrons. The predicted octanol–water partition coefficient (Wildman–Crippen LogP) is 5.96. The fourth-order valence-electron chi connectivity index (χ4n) is 3.69. The zero-order valence-electron chi connectivity index (χ0n) is 17.3. The van der Waals surface area contributed by atoms with Gasteiger partial charge in [0.25, 0.3) is 0 Å². The van der Waals surface area contributed by atoms with E-state index in [0.29, 0.717) is 29.1 Å². The van der Waals surface area contributed by atoms with Crippen LogP contribution in [0.15, 0.2) is 85.2 Å². The van der Waals surface area contributed by atoms with Crippen molar-refractivity contribution in [3.8, 4) is 28.1 Å². The van der Waals surface area contributed by atoms with Crippen LogP contribution in [0.3, 0.4) is 0 Å². The van der Waals surface area contributed by atoms with Crippen LogP contribution in [0.2, 0.25) is 0 Å². The second-order valence-electron chi connectivity index (χ2n) is 7.40. The Balaban J connectivity index is 1.55. The highest BCUT2D eigenvalue weighted by molar-refractivity contribution is 5.69. The average molecular weight is 445 g/mol. The molecule has 0 saturated carbocycles. The van der Waals surface area contributed by atoms with Crippen LogP contribution in [0, 0.1) is 17.5 Å². The number of nitrogens with zero attached hydrogens (tertiary/aromatic N) is 3. The van der Waals surface area contributed by atoms with E-state index in [2.05, 4.69) is 20.6 Å². The molecule has 0 radical (unpaired) electrons. The molecule has 33 heavy (non-hydrogen) atoms. The summed E-state index contributed by atoms with van der Waals surface area (Å²) in [5.41, 5.74) is 3.11. The molecule has 5 aromatic rings. The molecule has 8 heteroatoms. The van der Waals surface area contributed by atoms with Gasteiger partial charge in [-0.05, 0) is 54.1 Å². The van der Waals surface area contributed by atoms with E-state index in [9.17, 15) is 13.2 Å². The van der Waals surface area contributed by atoms with Gasteiger partial charge < -0.3 is 5.32 Å². The third kappa shape index (κ3) is 4.10. The monoisotopic (exact) mass is 445 g/mol. The molecule has 0 spiro atoms. The summed E-state index contributed by atoms with van der Waals surface area (Å²) in [6, 6.07) is 18.4. The number of hydrogen-bond donors (Lipinski definition) is 2. The highest BCUT2D eigenvalue weighted by Gasteiger charge is 2.18. The normalized spacial score (nSPS) is 11.0. The van der Waals surface area contributed by atoms with Gasteiger partial charge in [-0.2, -0.15) is 10.2 Å². The minimum atomic E-state index is -0.515. The Morgan fingerprint density at radius 2 is 1.64 bits per heavy atom. The summed E-state index contributed by atoms with van der Waals surface area (Å²) in [7, 11) is 0. The second-order valence-corrected chi connectivity index (χ2v) is 7.40. The molecule has 0 saturated heterocycles. The number of anilines is 1. The third-order valence-electron chi connectivity index (χ3n) is 5.30. The molecule has 0 aliphatic heterocycles. The Bertz CT molecular complexity index is 1390.